The van der Waals surface area contributed by atoms with Crippen LogP contribution >= 0.6 is 0 Å². The number of primary sulfonamides is 4. The normalized spacial score (nSPS) is 32.6. The Balaban J connectivity index is 0.000000152. The third-order valence-corrected chi connectivity index (χ3v) is 18.8. The number of amides is 4. The molecule has 8 atom stereocenters. The molecule has 8 fully saturated rings. The lowest BCUT2D eigenvalue weighted by atomic mass is 9.93. The molecule has 0 aliphatic carbocycles. The maximum atomic E-state index is 11.6. The van der Waals surface area contributed by atoms with Gasteiger partial charge in [0.2, 0.25) is 63.7 Å². The Bertz CT molecular complexity index is 1750. The molecule has 24 heteroatoms. The number of rotatable bonds is 4. The van der Waals surface area contributed by atoms with Crippen LogP contribution in [0.4, 0.5) is 0 Å². The highest BCUT2D eigenvalue weighted by atomic mass is 32.2. The molecule has 0 aromatic carbocycles. The van der Waals surface area contributed by atoms with Gasteiger partial charge in [-0.1, -0.05) is 0 Å². The van der Waals surface area contributed by atoms with Crippen LogP contribution in [0.15, 0.2) is 0 Å². The lowest BCUT2D eigenvalue weighted by Crippen LogP contribution is -2.53. The Morgan fingerprint density at radius 1 is 0.317 bits per heavy atom. The molecule has 8 rings (SSSR count). The maximum Gasteiger partial charge on any atom is 0.222 e. The standard InChI is InChI=1S/4C9H16N2O3S/c4*10-15(13,14)8-5-4-7-2-1-3-9(12)11(7)6-8/h4*7-8H,1-6H2,(H2,10,13,14)/t2*7-,8+;2*7-,8-/m1010/s1. The predicted molar refractivity (Wildman–Crippen MR) is 222 cm³/mol. The number of sulfonamides is 4. The second-order valence-electron chi connectivity index (χ2n) is 17.5. The number of hydrogen-bond donors (Lipinski definition) is 4. The van der Waals surface area contributed by atoms with Gasteiger partial charge in [-0.25, -0.2) is 54.2 Å². The van der Waals surface area contributed by atoms with Gasteiger partial charge in [-0.2, -0.15) is 0 Å². The second-order valence-corrected chi connectivity index (χ2v) is 24.9. The van der Waals surface area contributed by atoms with Crippen LogP contribution in [0.5, 0.6) is 0 Å². The molecule has 60 heavy (non-hydrogen) atoms. The molecule has 344 valence electrons. The van der Waals surface area contributed by atoms with Gasteiger partial charge >= 0.3 is 0 Å². The summed E-state index contributed by atoms with van der Waals surface area (Å²) in [6, 6.07) is 1.02. The average molecular weight is 929 g/mol. The van der Waals surface area contributed by atoms with Crippen molar-refractivity contribution < 1.29 is 52.8 Å². The van der Waals surface area contributed by atoms with E-state index >= 15 is 0 Å². The molecule has 0 unspecified atom stereocenters. The molecular weight excluding hydrogens is 865 g/mol. The van der Waals surface area contributed by atoms with Gasteiger partial charge in [0.1, 0.15) is 0 Å². The van der Waals surface area contributed by atoms with Crippen LogP contribution in [0, 0.1) is 0 Å². The molecule has 8 N–H and O–H groups in total. The third kappa shape index (κ3) is 12.8. The lowest BCUT2D eigenvalue weighted by Gasteiger charge is -2.41. The van der Waals surface area contributed by atoms with Crippen molar-refractivity contribution in [2.24, 2.45) is 20.6 Å². The predicted octanol–water partition coefficient (Wildman–Crippen LogP) is -0.726. The summed E-state index contributed by atoms with van der Waals surface area (Å²) >= 11 is 0. The molecule has 0 radical (unpaired) electrons. The zero-order valence-electron chi connectivity index (χ0n) is 34.2. The van der Waals surface area contributed by atoms with Gasteiger partial charge in [0, 0.05) is 76.0 Å². The van der Waals surface area contributed by atoms with Gasteiger partial charge < -0.3 is 19.6 Å². The first-order valence-corrected chi connectivity index (χ1v) is 27.6. The largest absolute Gasteiger partial charge is 0.338 e. The summed E-state index contributed by atoms with van der Waals surface area (Å²) in [4.78, 5) is 53.2. The minimum atomic E-state index is -3.49. The van der Waals surface area contributed by atoms with Crippen molar-refractivity contribution in [3.05, 3.63) is 0 Å². The summed E-state index contributed by atoms with van der Waals surface area (Å²) in [5.41, 5.74) is 0. The Morgan fingerprint density at radius 3 is 0.667 bits per heavy atom. The smallest absolute Gasteiger partial charge is 0.222 e. The molecule has 8 aliphatic rings. The van der Waals surface area contributed by atoms with Crippen LogP contribution in [0.2, 0.25) is 0 Å². The van der Waals surface area contributed by atoms with Crippen LogP contribution in [0.1, 0.15) is 128 Å². The van der Waals surface area contributed by atoms with Gasteiger partial charge in [0.05, 0.1) is 21.0 Å². The average Bonchev–Trinajstić information content (AvgIpc) is 3.17. The minimum Gasteiger partial charge on any atom is -0.338 e. The van der Waals surface area contributed by atoms with Crippen molar-refractivity contribution in [2.45, 2.75) is 174 Å². The fourth-order valence-corrected chi connectivity index (χ4v) is 13.3. The number of nitrogens with zero attached hydrogens (tertiary/aromatic N) is 4. The van der Waals surface area contributed by atoms with E-state index in [2.05, 4.69) is 0 Å². The van der Waals surface area contributed by atoms with Gasteiger partial charge in [0.25, 0.3) is 0 Å². The van der Waals surface area contributed by atoms with Crippen LogP contribution in [0.3, 0.4) is 0 Å². The summed E-state index contributed by atoms with van der Waals surface area (Å²) in [5, 5.41) is 18.2. The quantitative estimate of drug-likeness (QED) is 0.271. The van der Waals surface area contributed by atoms with E-state index in [1.807, 2.05) is 0 Å². The van der Waals surface area contributed by atoms with Crippen molar-refractivity contribution in [3.63, 3.8) is 0 Å². The molecule has 0 spiro atoms. The monoisotopic (exact) mass is 928 g/mol. The first-order valence-electron chi connectivity index (χ1n) is 21.2. The summed E-state index contributed by atoms with van der Waals surface area (Å²) in [5.74, 6) is 0.332. The Kier molecular flexibility index (Phi) is 16.1. The first-order chi connectivity index (χ1) is 27.9. The van der Waals surface area contributed by atoms with Gasteiger partial charge in [-0.3, -0.25) is 19.2 Å². The van der Waals surface area contributed by atoms with Crippen molar-refractivity contribution >= 4 is 63.7 Å². The number of hydrogen-bond acceptors (Lipinski definition) is 12. The molecule has 0 bridgehead atoms. The van der Waals surface area contributed by atoms with Crippen molar-refractivity contribution in [1.29, 1.82) is 0 Å². The van der Waals surface area contributed by atoms with E-state index in [-0.39, 0.29) is 47.8 Å². The summed E-state index contributed by atoms with van der Waals surface area (Å²) in [7, 11) is -14.0. The molecule has 4 amide bonds. The number of nitrogens with two attached hydrogens (primary N) is 4. The zero-order chi connectivity index (χ0) is 44.2. The van der Waals surface area contributed by atoms with E-state index in [1.165, 1.54) is 0 Å². The topological polar surface area (TPSA) is 322 Å². The van der Waals surface area contributed by atoms with Gasteiger partial charge in [-0.05, 0) is 103 Å². The summed E-state index contributed by atoms with van der Waals surface area (Å²) < 4.78 is 89.7. The summed E-state index contributed by atoms with van der Waals surface area (Å²) in [6.07, 6.45) is 15.4. The Hall–Kier alpha value is -2.48. The number of carbonyl (C=O) groups excluding carboxylic acids is 4. The molecule has 0 aromatic rings. The van der Waals surface area contributed by atoms with Crippen LogP contribution in [0.25, 0.3) is 0 Å². The van der Waals surface area contributed by atoms with Crippen molar-refractivity contribution in [3.8, 4) is 0 Å². The fraction of sp³-hybridized carbons (Fsp3) is 0.889. The van der Waals surface area contributed by atoms with E-state index < -0.39 is 61.1 Å². The van der Waals surface area contributed by atoms with Crippen molar-refractivity contribution in [2.75, 3.05) is 26.2 Å². The van der Waals surface area contributed by atoms with Crippen molar-refractivity contribution in [1.82, 2.24) is 19.6 Å². The number of piperidine rings is 8. The van der Waals surface area contributed by atoms with E-state index in [9.17, 15) is 52.8 Å². The van der Waals surface area contributed by atoms with Gasteiger partial charge in [0.15, 0.2) is 0 Å². The second kappa shape index (κ2) is 19.9. The van der Waals surface area contributed by atoms with Crippen LogP contribution in [-0.2, 0) is 59.3 Å². The Labute approximate surface area is 355 Å². The van der Waals surface area contributed by atoms with E-state index in [4.69, 9.17) is 20.6 Å². The minimum absolute atomic E-state index is 0.0830. The summed E-state index contributed by atoms with van der Waals surface area (Å²) in [6.45, 7) is 1.18. The molecule has 8 aliphatic heterocycles. The molecular formula is C36H64N8O12S4. The van der Waals surface area contributed by atoms with Crippen LogP contribution < -0.4 is 20.6 Å². The molecule has 0 saturated carbocycles. The zero-order valence-corrected chi connectivity index (χ0v) is 37.5. The lowest BCUT2D eigenvalue weighted by molar-refractivity contribution is -0.138. The highest BCUT2D eigenvalue weighted by Crippen LogP contribution is 2.32. The third-order valence-electron chi connectivity index (χ3n) is 13.5. The van der Waals surface area contributed by atoms with E-state index in [0.29, 0.717) is 77.5 Å². The Morgan fingerprint density at radius 2 is 0.500 bits per heavy atom. The van der Waals surface area contributed by atoms with E-state index in [1.54, 1.807) is 19.6 Å². The number of fused-ring (bicyclic) bond motifs is 4. The first kappa shape index (κ1) is 48.6. The molecule has 8 heterocycles. The molecule has 8 saturated heterocycles. The highest BCUT2D eigenvalue weighted by Gasteiger charge is 2.41. The van der Waals surface area contributed by atoms with Gasteiger partial charge in [-0.15, -0.1) is 0 Å². The SMILES string of the molecule is NS(=O)(=O)[C@@H]1CC[C@@H]2CCCC(=O)N2C1.NS(=O)(=O)[C@@H]1CC[C@H]2CCCC(=O)N2C1.NS(=O)(=O)[C@H]1CC[C@@H]2CCCC(=O)N2C1.NS(=O)(=O)[C@H]1CC[C@H]2CCCC(=O)N2C1. The van der Waals surface area contributed by atoms with E-state index in [0.717, 1.165) is 77.0 Å². The fourth-order valence-electron chi connectivity index (χ4n) is 10.0. The van der Waals surface area contributed by atoms with Crippen LogP contribution in [-0.4, -0.2) is 148 Å². The molecule has 0 aromatic heterocycles. The number of carbonyl (C=O) groups is 4. The highest BCUT2D eigenvalue weighted by molar-refractivity contribution is 7.90. The maximum absolute atomic E-state index is 11.6. The molecule has 20 nitrogen and oxygen atoms in total.